The van der Waals surface area contributed by atoms with Gasteiger partial charge in [-0.3, -0.25) is 4.57 Å². The predicted molar refractivity (Wildman–Crippen MR) is 75.8 cm³/mol. The van der Waals surface area contributed by atoms with Gasteiger partial charge in [-0.05, 0) is 24.4 Å². The number of benzene rings is 1. The maximum absolute atomic E-state index is 5.91. The minimum atomic E-state index is 0.413. The van der Waals surface area contributed by atoms with E-state index in [2.05, 4.69) is 10.3 Å². The number of nitrogens with one attached hydrogen (secondary N) is 1. The molecule has 92 valence electrons. The normalized spacial score (nSPS) is 10.9. The van der Waals surface area contributed by atoms with Crippen LogP contribution in [0.1, 0.15) is 0 Å². The molecule has 0 spiro atoms. The van der Waals surface area contributed by atoms with Crippen LogP contribution in [0.15, 0.2) is 34.2 Å². The first kappa shape index (κ1) is 11.7. The Labute approximate surface area is 117 Å². The van der Waals surface area contributed by atoms with Crippen molar-refractivity contribution < 1.29 is 4.42 Å². The Morgan fingerprint density at radius 3 is 3.17 bits per heavy atom. The van der Waals surface area contributed by atoms with Crippen molar-refractivity contribution in [2.75, 3.05) is 5.32 Å². The lowest BCUT2D eigenvalue weighted by Gasteiger charge is -2.04. The van der Waals surface area contributed by atoms with E-state index < -0.39 is 0 Å². The average molecular weight is 298 g/mol. The summed E-state index contributed by atoms with van der Waals surface area (Å²) in [6.07, 6.45) is 1.75. The first-order valence-corrected chi connectivity index (χ1v) is 6.83. The molecule has 0 unspecified atom stereocenters. The maximum Gasteiger partial charge on any atom is 0.271 e. The molecule has 0 radical (unpaired) electrons. The number of hydrogen-bond donors (Lipinski definition) is 1. The smallest absolute Gasteiger partial charge is 0.271 e. The molecule has 0 saturated heterocycles. The fraction of sp³-hybridized carbons (Fsp3) is 0.0909. The van der Waals surface area contributed by atoms with E-state index in [0.29, 0.717) is 22.1 Å². The fourth-order valence-electron chi connectivity index (χ4n) is 1.65. The van der Waals surface area contributed by atoms with Gasteiger partial charge in [0.05, 0.1) is 12.2 Å². The van der Waals surface area contributed by atoms with Crippen molar-refractivity contribution in [3.63, 3.8) is 0 Å². The van der Waals surface area contributed by atoms with Crippen LogP contribution in [0, 0.1) is 4.84 Å². The van der Waals surface area contributed by atoms with E-state index in [4.69, 9.17) is 28.2 Å². The summed E-state index contributed by atoms with van der Waals surface area (Å²) in [4.78, 5) is 4.56. The molecule has 0 atom stereocenters. The zero-order valence-electron chi connectivity index (χ0n) is 9.09. The highest BCUT2D eigenvalue weighted by Crippen LogP contribution is 2.22. The summed E-state index contributed by atoms with van der Waals surface area (Å²) in [6.45, 7) is 0.515. The molecule has 7 heteroatoms. The van der Waals surface area contributed by atoms with Crippen molar-refractivity contribution in [3.05, 3.63) is 39.6 Å². The Kier molecular flexibility index (Phi) is 3.07. The van der Waals surface area contributed by atoms with Crippen molar-refractivity contribution >= 4 is 51.4 Å². The molecule has 4 nitrogen and oxygen atoms in total. The van der Waals surface area contributed by atoms with E-state index >= 15 is 0 Å². The Bertz CT molecular complexity index is 732. The lowest BCUT2D eigenvalue weighted by Crippen LogP contribution is -2.07. The van der Waals surface area contributed by atoms with Crippen molar-refractivity contribution in [3.8, 4) is 0 Å². The number of hydrogen-bond acceptors (Lipinski definition) is 5. The van der Waals surface area contributed by atoms with Crippen LogP contribution < -0.4 is 5.32 Å². The summed E-state index contributed by atoms with van der Waals surface area (Å²) in [5.74, 6) is 0. The minimum Gasteiger partial charge on any atom is -0.429 e. The first-order chi connectivity index (χ1) is 8.74. The standard InChI is InChI=1S/C11H8ClN3OS2/c12-7-1-2-8-9(5-7)16-11(17)15(8)6-14-10-13-3-4-18-10/h1-5H,6H2,(H,13,14). The van der Waals surface area contributed by atoms with E-state index in [9.17, 15) is 0 Å². The second kappa shape index (κ2) is 4.72. The summed E-state index contributed by atoms with van der Waals surface area (Å²) in [7, 11) is 0. The van der Waals surface area contributed by atoms with Gasteiger partial charge >= 0.3 is 0 Å². The van der Waals surface area contributed by atoms with Crippen LogP contribution in [-0.4, -0.2) is 9.55 Å². The highest BCUT2D eigenvalue weighted by molar-refractivity contribution is 7.71. The third kappa shape index (κ3) is 2.14. The van der Waals surface area contributed by atoms with Gasteiger partial charge in [0.1, 0.15) is 0 Å². The number of fused-ring (bicyclic) bond motifs is 1. The fourth-order valence-corrected chi connectivity index (χ4v) is 2.58. The van der Waals surface area contributed by atoms with Gasteiger partial charge in [0.15, 0.2) is 10.7 Å². The van der Waals surface area contributed by atoms with E-state index in [1.54, 1.807) is 12.3 Å². The van der Waals surface area contributed by atoms with Gasteiger partial charge in [0, 0.05) is 22.7 Å². The van der Waals surface area contributed by atoms with Crippen LogP contribution >= 0.6 is 35.2 Å². The van der Waals surface area contributed by atoms with Crippen LogP contribution in [0.4, 0.5) is 5.13 Å². The molecule has 0 bridgehead atoms. The molecule has 1 N–H and O–H groups in total. The average Bonchev–Trinajstić information content (AvgIpc) is 2.93. The molecule has 3 rings (SSSR count). The van der Waals surface area contributed by atoms with Crippen LogP contribution in [0.25, 0.3) is 11.1 Å². The molecular weight excluding hydrogens is 290 g/mol. The van der Waals surface area contributed by atoms with Gasteiger partial charge in [-0.2, -0.15) is 0 Å². The third-order valence-electron chi connectivity index (χ3n) is 2.45. The van der Waals surface area contributed by atoms with Crippen molar-refractivity contribution in [2.45, 2.75) is 6.67 Å². The number of rotatable bonds is 3. The molecule has 1 aromatic carbocycles. The summed E-state index contributed by atoms with van der Waals surface area (Å²) in [5, 5.41) is 6.58. The second-order valence-electron chi connectivity index (χ2n) is 3.58. The molecule has 3 aromatic rings. The second-order valence-corrected chi connectivity index (χ2v) is 5.26. The Hall–Kier alpha value is -1.37. The zero-order chi connectivity index (χ0) is 12.5. The number of halogens is 1. The van der Waals surface area contributed by atoms with Gasteiger partial charge in [0.2, 0.25) is 0 Å². The van der Waals surface area contributed by atoms with Gasteiger partial charge in [-0.1, -0.05) is 11.6 Å². The Morgan fingerprint density at radius 2 is 2.39 bits per heavy atom. The summed E-state index contributed by atoms with van der Waals surface area (Å²) in [6, 6.07) is 5.46. The predicted octanol–water partition coefficient (Wildman–Crippen LogP) is 4.14. The number of nitrogens with zero attached hydrogens (tertiary/aromatic N) is 2. The number of aromatic nitrogens is 2. The molecule has 2 aromatic heterocycles. The summed E-state index contributed by atoms with van der Waals surface area (Å²) in [5.41, 5.74) is 1.60. The molecule has 0 aliphatic heterocycles. The number of oxazole rings is 1. The number of thiazole rings is 1. The molecule has 0 aliphatic carbocycles. The van der Waals surface area contributed by atoms with E-state index in [1.807, 2.05) is 22.1 Å². The van der Waals surface area contributed by atoms with E-state index in [1.165, 1.54) is 11.3 Å². The lowest BCUT2D eigenvalue weighted by atomic mass is 10.3. The van der Waals surface area contributed by atoms with Crippen molar-refractivity contribution in [2.24, 2.45) is 0 Å². The van der Waals surface area contributed by atoms with E-state index in [-0.39, 0.29) is 0 Å². The van der Waals surface area contributed by atoms with Crippen LogP contribution in [0.3, 0.4) is 0 Å². The van der Waals surface area contributed by atoms with Gasteiger partial charge in [0.25, 0.3) is 4.84 Å². The SMILES string of the molecule is S=c1oc2cc(Cl)ccc2n1CNc1nccs1. The molecule has 0 aliphatic rings. The van der Waals surface area contributed by atoms with Crippen LogP contribution in [0.5, 0.6) is 0 Å². The van der Waals surface area contributed by atoms with Gasteiger partial charge < -0.3 is 9.73 Å². The lowest BCUT2D eigenvalue weighted by molar-refractivity contribution is 0.546. The molecule has 0 amide bonds. The van der Waals surface area contributed by atoms with Crippen molar-refractivity contribution in [1.29, 1.82) is 0 Å². The molecule has 18 heavy (non-hydrogen) atoms. The maximum atomic E-state index is 5.91. The van der Waals surface area contributed by atoms with E-state index in [0.717, 1.165) is 10.6 Å². The minimum absolute atomic E-state index is 0.413. The molecule has 0 fully saturated rings. The highest BCUT2D eigenvalue weighted by Gasteiger charge is 2.07. The Morgan fingerprint density at radius 1 is 1.50 bits per heavy atom. The van der Waals surface area contributed by atoms with Crippen LogP contribution in [0.2, 0.25) is 5.02 Å². The highest BCUT2D eigenvalue weighted by atomic mass is 35.5. The molecular formula is C11H8ClN3OS2. The molecule has 0 saturated carbocycles. The topological polar surface area (TPSA) is 43.0 Å². The zero-order valence-corrected chi connectivity index (χ0v) is 11.5. The van der Waals surface area contributed by atoms with Gasteiger partial charge in [-0.25, -0.2) is 4.98 Å². The summed E-state index contributed by atoms with van der Waals surface area (Å²) < 4.78 is 7.35. The first-order valence-electron chi connectivity index (χ1n) is 5.16. The summed E-state index contributed by atoms with van der Waals surface area (Å²) >= 11 is 12.6. The van der Waals surface area contributed by atoms with Crippen molar-refractivity contribution in [1.82, 2.24) is 9.55 Å². The largest absolute Gasteiger partial charge is 0.429 e. The monoisotopic (exact) mass is 297 g/mol. The third-order valence-corrected chi connectivity index (χ3v) is 3.72. The quantitative estimate of drug-likeness (QED) is 0.738. The number of anilines is 1. The molecule has 2 heterocycles. The van der Waals surface area contributed by atoms with Gasteiger partial charge in [-0.15, -0.1) is 11.3 Å². The Balaban J connectivity index is 1.96. The van der Waals surface area contributed by atoms with Crippen LogP contribution in [-0.2, 0) is 6.67 Å².